The van der Waals surface area contributed by atoms with Gasteiger partial charge in [-0.25, -0.2) is 0 Å². The summed E-state index contributed by atoms with van der Waals surface area (Å²) in [5, 5.41) is 0. The fourth-order valence-corrected chi connectivity index (χ4v) is 0.471. The Morgan fingerprint density at radius 1 is 1.75 bits per heavy atom. The number of rotatable bonds is 1. The minimum atomic E-state index is 0.509. The Balaban J connectivity index is 2.83. The van der Waals surface area contributed by atoms with Crippen LogP contribution < -0.4 is 5.73 Å². The smallest absolute Gasteiger partial charge is 0.0539 e. The fourth-order valence-electron chi connectivity index (χ4n) is 0.471. The van der Waals surface area contributed by atoms with Gasteiger partial charge in [0.05, 0.1) is 5.69 Å². The highest BCUT2D eigenvalue weighted by atomic mass is 14.7. The van der Waals surface area contributed by atoms with Crippen molar-refractivity contribution in [3.05, 3.63) is 30.1 Å². The lowest BCUT2D eigenvalue weighted by atomic mass is 10.4. The highest BCUT2D eigenvalue weighted by Gasteiger charge is 1.82. The van der Waals surface area contributed by atoms with Crippen LogP contribution in [0.2, 0.25) is 0 Å². The average Bonchev–Trinajstić information content (AvgIpc) is 1.90. The Hall–Kier alpha value is -0.890. The average molecular weight is 107 g/mol. The van der Waals surface area contributed by atoms with Crippen molar-refractivity contribution in [2.75, 3.05) is 0 Å². The molecule has 2 N–H and O–H groups in total. The third-order valence-corrected chi connectivity index (χ3v) is 0.886. The van der Waals surface area contributed by atoms with Gasteiger partial charge in [0.15, 0.2) is 0 Å². The van der Waals surface area contributed by atoms with E-state index in [1.54, 1.807) is 12.3 Å². The first-order chi connectivity index (χ1) is 3.93. The number of nitrogens with zero attached hydrogens (tertiary/aromatic N) is 1. The van der Waals surface area contributed by atoms with Gasteiger partial charge in [0.2, 0.25) is 0 Å². The van der Waals surface area contributed by atoms with Crippen molar-refractivity contribution >= 4 is 0 Å². The molecule has 0 aliphatic carbocycles. The van der Waals surface area contributed by atoms with Crippen molar-refractivity contribution in [3.8, 4) is 0 Å². The van der Waals surface area contributed by atoms with Gasteiger partial charge >= 0.3 is 0 Å². The zero-order valence-electron chi connectivity index (χ0n) is 4.46. The SMILES string of the molecule is NCc1cc[c]cn1. The normalized spacial score (nSPS) is 9.12. The van der Waals surface area contributed by atoms with E-state index in [1.807, 2.05) is 6.07 Å². The number of hydrogen-bond donors (Lipinski definition) is 1. The van der Waals surface area contributed by atoms with Crippen molar-refractivity contribution in [3.63, 3.8) is 0 Å². The molecule has 0 aliphatic heterocycles. The first kappa shape index (κ1) is 5.25. The van der Waals surface area contributed by atoms with E-state index in [1.165, 1.54) is 0 Å². The molecule has 0 spiro atoms. The molecule has 8 heavy (non-hydrogen) atoms. The third kappa shape index (κ3) is 1.04. The summed E-state index contributed by atoms with van der Waals surface area (Å²) in [6.07, 6.45) is 1.61. The molecule has 0 unspecified atom stereocenters. The summed E-state index contributed by atoms with van der Waals surface area (Å²) in [7, 11) is 0. The van der Waals surface area contributed by atoms with Crippen molar-refractivity contribution in [2.45, 2.75) is 6.54 Å². The molecule has 0 saturated carbocycles. The van der Waals surface area contributed by atoms with Gasteiger partial charge in [-0.15, -0.1) is 0 Å². The molecule has 0 amide bonds. The molecule has 1 radical (unpaired) electrons. The minimum Gasteiger partial charge on any atom is -0.325 e. The first-order valence-corrected chi connectivity index (χ1v) is 2.44. The van der Waals surface area contributed by atoms with E-state index < -0.39 is 0 Å². The number of hydrogen-bond acceptors (Lipinski definition) is 2. The zero-order valence-corrected chi connectivity index (χ0v) is 4.46. The molecule has 41 valence electrons. The van der Waals surface area contributed by atoms with Crippen LogP contribution in [-0.2, 0) is 6.54 Å². The lowest BCUT2D eigenvalue weighted by Gasteiger charge is -1.88. The molecular formula is C6H7N2. The summed E-state index contributed by atoms with van der Waals surface area (Å²) in [6, 6.07) is 6.45. The topological polar surface area (TPSA) is 38.9 Å². The zero-order chi connectivity index (χ0) is 5.82. The van der Waals surface area contributed by atoms with E-state index >= 15 is 0 Å². The van der Waals surface area contributed by atoms with Gasteiger partial charge < -0.3 is 5.73 Å². The van der Waals surface area contributed by atoms with Crippen LogP contribution in [0.25, 0.3) is 0 Å². The summed E-state index contributed by atoms with van der Waals surface area (Å²) in [4.78, 5) is 3.92. The lowest BCUT2D eigenvalue weighted by molar-refractivity contribution is 0.990. The molecule has 2 nitrogen and oxygen atoms in total. The second-order valence-electron chi connectivity index (χ2n) is 1.45. The van der Waals surface area contributed by atoms with Crippen LogP contribution in [0.4, 0.5) is 0 Å². The Kier molecular flexibility index (Phi) is 1.59. The molecule has 0 saturated heterocycles. The van der Waals surface area contributed by atoms with Gasteiger partial charge in [-0.2, -0.15) is 0 Å². The molecule has 0 bridgehead atoms. The Labute approximate surface area is 48.4 Å². The predicted octanol–water partition coefficient (Wildman–Crippen LogP) is 0.340. The van der Waals surface area contributed by atoms with E-state index in [4.69, 9.17) is 5.73 Å². The number of nitrogens with two attached hydrogens (primary N) is 1. The second kappa shape index (κ2) is 2.43. The number of pyridine rings is 1. The molecule has 0 aromatic carbocycles. The van der Waals surface area contributed by atoms with Crippen LogP contribution in [0.5, 0.6) is 0 Å². The van der Waals surface area contributed by atoms with Gasteiger partial charge in [-0.1, -0.05) is 6.07 Å². The minimum absolute atomic E-state index is 0.509. The molecule has 0 atom stereocenters. The van der Waals surface area contributed by atoms with Crippen LogP contribution in [0.15, 0.2) is 18.3 Å². The summed E-state index contributed by atoms with van der Waals surface area (Å²) in [5.74, 6) is 0. The van der Waals surface area contributed by atoms with Crippen molar-refractivity contribution in [1.29, 1.82) is 0 Å². The molecule has 1 aromatic heterocycles. The largest absolute Gasteiger partial charge is 0.325 e. The van der Waals surface area contributed by atoms with Gasteiger partial charge in [-0.05, 0) is 6.07 Å². The predicted molar refractivity (Wildman–Crippen MR) is 31.0 cm³/mol. The van der Waals surface area contributed by atoms with Crippen LogP contribution in [-0.4, -0.2) is 4.98 Å². The summed E-state index contributed by atoms with van der Waals surface area (Å²) >= 11 is 0. The summed E-state index contributed by atoms with van der Waals surface area (Å²) in [5.41, 5.74) is 6.18. The van der Waals surface area contributed by atoms with E-state index in [9.17, 15) is 0 Å². The molecular weight excluding hydrogens is 100 g/mol. The molecule has 0 aliphatic rings. The van der Waals surface area contributed by atoms with Crippen molar-refractivity contribution in [2.24, 2.45) is 5.73 Å². The standard InChI is InChI=1S/C6H7N2/c7-5-6-3-1-2-4-8-6/h1,3-4H,5,7H2. The summed E-state index contributed by atoms with van der Waals surface area (Å²) < 4.78 is 0. The van der Waals surface area contributed by atoms with Crippen LogP contribution in [0, 0.1) is 6.07 Å². The van der Waals surface area contributed by atoms with Gasteiger partial charge in [-0.3, -0.25) is 4.98 Å². The first-order valence-electron chi connectivity index (χ1n) is 2.44. The van der Waals surface area contributed by atoms with Gasteiger partial charge in [0, 0.05) is 18.8 Å². The molecule has 1 heterocycles. The van der Waals surface area contributed by atoms with Crippen LogP contribution >= 0.6 is 0 Å². The molecule has 0 fully saturated rings. The van der Waals surface area contributed by atoms with Gasteiger partial charge in [0.1, 0.15) is 0 Å². The van der Waals surface area contributed by atoms with E-state index in [-0.39, 0.29) is 0 Å². The third-order valence-electron chi connectivity index (χ3n) is 0.886. The maximum atomic E-state index is 5.27. The molecule has 1 rings (SSSR count). The van der Waals surface area contributed by atoms with E-state index in [0.29, 0.717) is 6.54 Å². The lowest BCUT2D eigenvalue weighted by Crippen LogP contribution is -1.97. The Morgan fingerprint density at radius 2 is 2.62 bits per heavy atom. The Morgan fingerprint density at radius 3 is 3.00 bits per heavy atom. The van der Waals surface area contributed by atoms with Crippen molar-refractivity contribution < 1.29 is 0 Å². The monoisotopic (exact) mass is 107 g/mol. The number of aromatic nitrogens is 1. The van der Waals surface area contributed by atoms with Crippen molar-refractivity contribution in [1.82, 2.24) is 4.98 Å². The molecule has 1 aromatic rings. The van der Waals surface area contributed by atoms with Crippen LogP contribution in [0.3, 0.4) is 0 Å². The van der Waals surface area contributed by atoms with Gasteiger partial charge in [0.25, 0.3) is 0 Å². The quantitative estimate of drug-likeness (QED) is 0.562. The maximum Gasteiger partial charge on any atom is 0.0539 e. The molecule has 2 heteroatoms. The highest BCUT2D eigenvalue weighted by Crippen LogP contribution is 1.87. The second-order valence-corrected chi connectivity index (χ2v) is 1.45. The summed E-state index contributed by atoms with van der Waals surface area (Å²) in [6.45, 7) is 0.509. The highest BCUT2D eigenvalue weighted by molar-refractivity contribution is 5.01. The van der Waals surface area contributed by atoms with Crippen LogP contribution in [0.1, 0.15) is 5.69 Å². The van der Waals surface area contributed by atoms with E-state index in [2.05, 4.69) is 11.1 Å². The van der Waals surface area contributed by atoms with E-state index in [0.717, 1.165) is 5.69 Å². The fraction of sp³-hybridized carbons (Fsp3) is 0.167. The Bertz CT molecular complexity index is 148. The maximum absolute atomic E-state index is 5.27.